The molecule has 2 atom stereocenters. The maximum absolute atomic E-state index is 14.9. The summed E-state index contributed by atoms with van der Waals surface area (Å²) in [4.78, 5) is 38.6. The highest BCUT2D eigenvalue weighted by atomic mass is 19.4. The Morgan fingerprint density at radius 3 is 2.54 bits per heavy atom. The number of hydrogen-bond acceptors (Lipinski definition) is 5. The van der Waals surface area contributed by atoms with Crippen molar-refractivity contribution in [1.29, 1.82) is 0 Å². The van der Waals surface area contributed by atoms with Gasteiger partial charge < -0.3 is 25.6 Å². The lowest BCUT2D eigenvalue weighted by Gasteiger charge is -2.31. The summed E-state index contributed by atoms with van der Waals surface area (Å²) in [6.07, 6.45) is -5.45. The first-order chi connectivity index (χ1) is 18.4. The molecule has 8 nitrogen and oxygen atoms in total. The fraction of sp³-hybridized carbons (Fsp3) is 0.444. The fourth-order valence-corrected chi connectivity index (χ4v) is 4.28. The summed E-state index contributed by atoms with van der Waals surface area (Å²) in [7, 11) is 3.57. The van der Waals surface area contributed by atoms with Gasteiger partial charge in [-0.2, -0.15) is 13.2 Å². The van der Waals surface area contributed by atoms with E-state index < -0.39 is 41.9 Å². The van der Waals surface area contributed by atoms with Gasteiger partial charge in [-0.25, -0.2) is 4.39 Å². The SMILES string of the molecule is CCOC1CC(=O)NCC1c1ccc(CC(=O)Nc2cc(C(=O)NCCN(C)C)cc(C(F)(F)F)c2)c(F)c1. The third kappa shape index (κ3) is 8.49. The Morgan fingerprint density at radius 1 is 1.15 bits per heavy atom. The second-order valence-electron chi connectivity index (χ2n) is 9.54. The zero-order valence-corrected chi connectivity index (χ0v) is 22.0. The number of alkyl halides is 3. The van der Waals surface area contributed by atoms with Crippen LogP contribution in [-0.2, 0) is 26.9 Å². The molecule has 12 heteroatoms. The molecule has 0 bridgehead atoms. The summed E-state index contributed by atoms with van der Waals surface area (Å²) in [6, 6.07) is 6.92. The van der Waals surface area contributed by atoms with E-state index in [9.17, 15) is 31.9 Å². The van der Waals surface area contributed by atoms with Gasteiger partial charge in [-0.1, -0.05) is 12.1 Å². The summed E-state index contributed by atoms with van der Waals surface area (Å²) in [5.74, 6) is -2.56. The summed E-state index contributed by atoms with van der Waals surface area (Å²) >= 11 is 0. The molecule has 3 N–H and O–H groups in total. The number of amides is 3. The molecule has 39 heavy (non-hydrogen) atoms. The molecule has 2 unspecified atom stereocenters. The van der Waals surface area contributed by atoms with Crippen molar-refractivity contribution in [2.45, 2.75) is 38.0 Å². The van der Waals surface area contributed by atoms with Crippen LogP contribution in [0.2, 0.25) is 0 Å². The minimum absolute atomic E-state index is 0.0395. The Labute approximate surface area is 224 Å². The average molecular weight is 553 g/mol. The molecule has 2 aromatic rings. The summed E-state index contributed by atoms with van der Waals surface area (Å²) in [5.41, 5.74) is -0.965. The number of anilines is 1. The summed E-state index contributed by atoms with van der Waals surface area (Å²) in [6.45, 7) is 3.18. The first-order valence-electron chi connectivity index (χ1n) is 12.5. The molecule has 1 aliphatic heterocycles. The predicted octanol–water partition coefficient (Wildman–Crippen LogP) is 3.33. The number of rotatable bonds is 10. The molecule has 212 valence electrons. The third-order valence-electron chi connectivity index (χ3n) is 6.24. The van der Waals surface area contributed by atoms with Crippen molar-refractivity contribution >= 4 is 23.4 Å². The van der Waals surface area contributed by atoms with E-state index in [1.165, 1.54) is 12.1 Å². The molecule has 1 fully saturated rings. The number of benzene rings is 2. The number of ether oxygens (including phenoxy) is 1. The molecule has 0 saturated carbocycles. The van der Waals surface area contributed by atoms with Crippen LogP contribution in [0.25, 0.3) is 0 Å². The van der Waals surface area contributed by atoms with Crippen molar-refractivity contribution in [3.63, 3.8) is 0 Å². The first-order valence-corrected chi connectivity index (χ1v) is 12.5. The van der Waals surface area contributed by atoms with Gasteiger partial charge in [0.1, 0.15) is 5.82 Å². The van der Waals surface area contributed by atoms with Gasteiger partial charge in [0.2, 0.25) is 11.8 Å². The van der Waals surface area contributed by atoms with Gasteiger partial charge in [-0.15, -0.1) is 0 Å². The highest BCUT2D eigenvalue weighted by molar-refractivity contribution is 5.98. The van der Waals surface area contributed by atoms with E-state index in [-0.39, 0.29) is 48.1 Å². The monoisotopic (exact) mass is 552 g/mol. The number of carbonyl (C=O) groups is 3. The molecule has 2 aromatic carbocycles. The number of halogens is 4. The Bertz CT molecular complexity index is 1200. The van der Waals surface area contributed by atoms with E-state index in [4.69, 9.17) is 4.74 Å². The molecule has 0 radical (unpaired) electrons. The molecule has 1 saturated heterocycles. The summed E-state index contributed by atoms with van der Waals surface area (Å²) < 4.78 is 61.0. The first kappa shape index (κ1) is 30.0. The second-order valence-corrected chi connectivity index (χ2v) is 9.54. The largest absolute Gasteiger partial charge is 0.416 e. The van der Waals surface area contributed by atoms with Gasteiger partial charge in [0.15, 0.2) is 0 Å². The van der Waals surface area contributed by atoms with Crippen LogP contribution in [0.5, 0.6) is 0 Å². The number of carbonyl (C=O) groups excluding carboxylic acids is 3. The molecule has 3 rings (SSSR count). The Kier molecular flexibility index (Phi) is 10.0. The molecule has 0 spiro atoms. The van der Waals surface area contributed by atoms with E-state index in [1.807, 2.05) is 0 Å². The van der Waals surface area contributed by atoms with Crippen LogP contribution in [0.4, 0.5) is 23.2 Å². The van der Waals surface area contributed by atoms with Crippen LogP contribution in [-0.4, -0.2) is 69.1 Å². The Balaban J connectivity index is 1.74. The number of nitrogens with one attached hydrogen (secondary N) is 3. The summed E-state index contributed by atoms with van der Waals surface area (Å²) in [5, 5.41) is 7.63. The zero-order chi connectivity index (χ0) is 28.7. The minimum atomic E-state index is -4.75. The molecule has 1 heterocycles. The number of likely N-dealkylation sites (N-methyl/N-ethyl adjacent to an activating group) is 1. The van der Waals surface area contributed by atoms with E-state index in [0.717, 1.165) is 12.1 Å². The Morgan fingerprint density at radius 2 is 1.90 bits per heavy atom. The van der Waals surface area contributed by atoms with E-state index >= 15 is 0 Å². The normalized spacial score (nSPS) is 17.6. The van der Waals surface area contributed by atoms with E-state index in [2.05, 4.69) is 16.0 Å². The van der Waals surface area contributed by atoms with Crippen LogP contribution in [0.3, 0.4) is 0 Å². The number of nitrogens with zero attached hydrogens (tertiary/aromatic N) is 1. The molecule has 3 amide bonds. The van der Waals surface area contributed by atoms with Crippen molar-refractivity contribution in [3.05, 3.63) is 64.5 Å². The molecule has 0 aliphatic carbocycles. The zero-order valence-electron chi connectivity index (χ0n) is 22.0. The maximum Gasteiger partial charge on any atom is 0.416 e. The minimum Gasteiger partial charge on any atom is -0.377 e. The molecular formula is C27H32F4N4O4. The van der Waals surface area contributed by atoms with E-state index in [1.54, 1.807) is 32.0 Å². The molecule has 0 aromatic heterocycles. The highest BCUT2D eigenvalue weighted by Crippen LogP contribution is 2.32. The maximum atomic E-state index is 14.9. The van der Waals surface area contributed by atoms with Crippen LogP contribution < -0.4 is 16.0 Å². The van der Waals surface area contributed by atoms with Gasteiger partial charge in [0, 0.05) is 43.4 Å². The van der Waals surface area contributed by atoms with Gasteiger partial charge >= 0.3 is 6.18 Å². The molecule has 1 aliphatic rings. The quantitative estimate of drug-likeness (QED) is 0.393. The third-order valence-corrected chi connectivity index (χ3v) is 6.24. The van der Waals surface area contributed by atoms with Crippen molar-refractivity contribution in [3.8, 4) is 0 Å². The van der Waals surface area contributed by atoms with Crippen molar-refractivity contribution in [2.24, 2.45) is 0 Å². The lowest BCUT2D eigenvalue weighted by Crippen LogP contribution is -2.43. The van der Waals surface area contributed by atoms with E-state index in [0.29, 0.717) is 24.8 Å². The van der Waals surface area contributed by atoms with Gasteiger partial charge in [0.25, 0.3) is 5.91 Å². The van der Waals surface area contributed by atoms with Crippen molar-refractivity contribution in [1.82, 2.24) is 15.5 Å². The van der Waals surface area contributed by atoms with Crippen LogP contribution in [0.15, 0.2) is 36.4 Å². The topological polar surface area (TPSA) is 99.8 Å². The smallest absolute Gasteiger partial charge is 0.377 e. The predicted molar refractivity (Wildman–Crippen MR) is 137 cm³/mol. The Hall–Kier alpha value is -3.51. The van der Waals surface area contributed by atoms with Crippen molar-refractivity contribution in [2.75, 3.05) is 45.7 Å². The highest BCUT2D eigenvalue weighted by Gasteiger charge is 2.33. The van der Waals surface area contributed by atoms with Crippen LogP contribution in [0, 0.1) is 5.82 Å². The van der Waals surface area contributed by atoms with Gasteiger partial charge in [-0.05, 0) is 56.4 Å². The van der Waals surface area contributed by atoms with Gasteiger partial charge in [-0.3, -0.25) is 14.4 Å². The number of hydrogen-bond donors (Lipinski definition) is 3. The lowest BCUT2D eigenvalue weighted by molar-refractivity contribution is -0.137. The fourth-order valence-electron chi connectivity index (χ4n) is 4.28. The van der Waals surface area contributed by atoms with Crippen molar-refractivity contribution < 1.29 is 36.7 Å². The average Bonchev–Trinajstić information content (AvgIpc) is 2.84. The van der Waals surface area contributed by atoms with Crippen LogP contribution in [0.1, 0.15) is 46.3 Å². The number of piperidine rings is 1. The molecular weight excluding hydrogens is 520 g/mol. The van der Waals surface area contributed by atoms with Crippen LogP contribution >= 0.6 is 0 Å². The van der Waals surface area contributed by atoms with Gasteiger partial charge in [0.05, 0.1) is 24.5 Å². The standard InChI is InChI=1S/C27H32F4N4O4/c1-4-39-23-14-24(36)33-15-21(23)16-5-6-17(22(28)11-16)12-25(37)34-20-10-18(9-19(13-20)27(29,30)31)26(38)32-7-8-35(2)3/h5-6,9-11,13,21,23H,4,7-8,12,14-15H2,1-3H3,(H,32,38)(H,33,36)(H,34,37). The second kappa shape index (κ2) is 13.0. The lowest BCUT2D eigenvalue weighted by atomic mass is 9.87.